The van der Waals surface area contributed by atoms with Gasteiger partial charge in [-0.1, -0.05) is 0 Å². The van der Waals surface area contributed by atoms with E-state index in [1.54, 1.807) is 15.8 Å². The number of piperazine rings is 1. The highest BCUT2D eigenvalue weighted by Crippen LogP contribution is 2.35. The first-order chi connectivity index (χ1) is 16.4. The topological polar surface area (TPSA) is 138 Å². The number of amides is 2. The summed E-state index contributed by atoms with van der Waals surface area (Å²) in [4.78, 5) is 34.5. The molecule has 34 heavy (non-hydrogen) atoms. The lowest BCUT2D eigenvalue weighted by molar-refractivity contribution is -0.122. The first-order valence-electron chi connectivity index (χ1n) is 11.0. The van der Waals surface area contributed by atoms with Gasteiger partial charge in [0, 0.05) is 68.3 Å². The number of carboxylic acid groups (broad SMARTS) is 1. The highest BCUT2D eigenvalue weighted by Gasteiger charge is 2.31. The van der Waals surface area contributed by atoms with Gasteiger partial charge in [0.15, 0.2) is 5.65 Å². The van der Waals surface area contributed by atoms with Crippen molar-refractivity contribution in [1.82, 2.24) is 25.1 Å². The predicted octanol–water partition coefficient (Wildman–Crippen LogP) is 1.47. The number of carbonyl (C=O) groups excluding carboxylic acids is 1. The third kappa shape index (κ3) is 4.57. The smallest absolute Gasteiger partial charge is 0.327 e. The van der Waals surface area contributed by atoms with Crippen LogP contribution in [0.5, 0.6) is 5.88 Å². The zero-order chi connectivity index (χ0) is 24.2. The zero-order valence-corrected chi connectivity index (χ0v) is 19.4. The number of urea groups is 1. The van der Waals surface area contributed by atoms with Crippen molar-refractivity contribution in [3.05, 3.63) is 30.1 Å². The Kier molecular flexibility index (Phi) is 6.77. The normalized spacial score (nSPS) is 17.1. The van der Waals surface area contributed by atoms with Crippen molar-refractivity contribution in [2.45, 2.75) is 19.4 Å². The van der Waals surface area contributed by atoms with E-state index >= 15 is 0 Å². The molecule has 2 aliphatic rings. The second kappa shape index (κ2) is 9.91. The summed E-state index contributed by atoms with van der Waals surface area (Å²) in [5.74, 6) is 1.05. The molecule has 0 unspecified atom stereocenters. The van der Waals surface area contributed by atoms with Crippen molar-refractivity contribution < 1.29 is 19.4 Å². The summed E-state index contributed by atoms with van der Waals surface area (Å²) >= 11 is 0. The lowest BCUT2D eigenvalue weighted by Gasteiger charge is -2.34. The van der Waals surface area contributed by atoms with Crippen LogP contribution in [-0.2, 0) is 18.3 Å². The summed E-state index contributed by atoms with van der Waals surface area (Å²) in [6.07, 6.45) is 4.42. The Morgan fingerprint density at radius 1 is 1.38 bits per heavy atom. The Morgan fingerprint density at radius 3 is 2.91 bits per heavy atom. The van der Waals surface area contributed by atoms with Crippen molar-refractivity contribution in [2.75, 3.05) is 48.4 Å². The number of anilines is 3. The quantitative estimate of drug-likeness (QED) is 0.488. The number of ether oxygens (including phenoxy) is 1. The summed E-state index contributed by atoms with van der Waals surface area (Å²) in [6, 6.07) is 4.07. The maximum atomic E-state index is 13.2. The van der Waals surface area contributed by atoms with Crippen LogP contribution >= 0.6 is 0 Å². The van der Waals surface area contributed by atoms with Gasteiger partial charge in [-0.3, -0.25) is 14.4 Å². The molecule has 5 heterocycles. The molecule has 1 atom stereocenters. The van der Waals surface area contributed by atoms with Gasteiger partial charge in [0.2, 0.25) is 5.88 Å². The van der Waals surface area contributed by atoms with Crippen LogP contribution in [0, 0.1) is 0 Å². The molecule has 1 fully saturated rings. The van der Waals surface area contributed by atoms with E-state index in [1.165, 1.54) is 12.8 Å². The third-order valence-electron chi connectivity index (χ3n) is 5.81. The summed E-state index contributed by atoms with van der Waals surface area (Å²) in [7, 11) is 3.36. The fourth-order valence-electron chi connectivity index (χ4n) is 4.40. The van der Waals surface area contributed by atoms with E-state index in [1.807, 2.05) is 19.3 Å². The van der Waals surface area contributed by atoms with Crippen LogP contribution in [0.3, 0.4) is 0 Å². The molecule has 3 N–H and O–H groups in total. The minimum Gasteiger partial charge on any atom is -0.483 e. The van der Waals surface area contributed by atoms with E-state index in [0.717, 1.165) is 42.8 Å². The van der Waals surface area contributed by atoms with Crippen LogP contribution in [0.1, 0.15) is 12.5 Å². The Hall–Kier alpha value is -3.93. The third-order valence-corrected chi connectivity index (χ3v) is 5.81. The van der Waals surface area contributed by atoms with Crippen LogP contribution in [0.4, 0.5) is 22.0 Å². The van der Waals surface area contributed by atoms with Crippen molar-refractivity contribution in [3.63, 3.8) is 0 Å². The number of hydrogen-bond donors (Lipinski definition) is 3. The largest absolute Gasteiger partial charge is 0.483 e. The molecule has 0 radical (unpaired) electrons. The summed E-state index contributed by atoms with van der Waals surface area (Å²) < 4.78 is 7.06. The number of nitrogens with zero attached hydrogens (tertiary/aromatic N) is 6. The van der Waals surface area contributed by atoms with Crippen molar-refractivity contribution in [3.8, 4) is 5.88 Å². The molecule has 180 valence electrons. The van der Waals surface area contributed by atoms with Gasteiger partial charge >= 0.3 is 6.03 Å². The molecule has 0 aliphatic carbocycles. The lowest BCUT2D eigenvalue weighted by atomic mass is 10.1. The Balaban J connectivity index is 0.000000868. The number of pyridine rings is 2. The van der Waals surface area contributed by atoms with E-state index in [0.29, 0.717) is 29.8 Å². The molecule has 12 nitrogen and oxygen atoms in total. The van der Waals surface area contributed by atoms with Crippen molar-refractivity contribution >= 4 is 40.7 Å². The molecule has 0 bridgehead atoms. The van der Waals surface area contributed by atoms with E-state index < -0.39 is 0 Å². The predicted molar refractivity (Wildman–Crippen MR) is 128 cm³/mol. The average molecular weight is 469 g/mol. The van der Waals surface area contributed by atoms with Gasteiger partial charge in [-0.05, 0) is 25.5 Å². The summed E-state index contributed by atoms with van der Waals surface area (Å²) in [5.41, 5.74) is 3.37. The maximum absolute atomic E-state index is 13.2. The molecule has 0 spiro atoms. The monoisotopic (exact) mass is 468 g/mol. The molecule has 3 aromatic rings. The molecule has 2 amide bonds. The van der Waals surface area contributed by atoms with Gasteiger partial charge in [0.1, 0.15) is 11.5 Å². The van der Waals surface area contributed by atoms with Crippen LogP contribution in [0.25, 0.3) is 11.0 Å². The molecule has 0 aromatic carbocycles. The molecule has 1 saturated heterocycles. The highest BCUT2D eigenvalue weighted by atomic mass is 16.5. The number of hydrogen-bond acceptors (Lipinski definition) is 8. The summed E-state index contributed by atoms with van der Waals surface area (Å²) in [6.45, 7) is 5.36. The standard InChI is InChI=1S/C21H26N8O2.CH2O2/c1-13-11-28(9-7-22-13)17-4-6-23-19-15(17)5-8-29(19)21(30)24-16-10-14-12-27(2)26-18(14)25-20(16)31-3;2-1-3/h4,6,10,12-13,22H,5,7-9,11H2,1-3H3,(H,24,30);1H,(H,2,3)/t13-;/m0./s1. The minimum atomic E-state index is -0.250. The lowest BCUT2D eigenvalue weighted by Crippen LogP contribution is -2.49. The Bertz CT molecular complexity index is 1200. The van der Waals surface area contributed by atoms with E-state index in [2.05, 4.69) is 43.6 Å². The van der Waals surface area contributed by atoms with Gasteiger partial charge in [0.05, 0.1) is 7.11 Å². The fraction of sp³-hybridized carbons (Fsp3) is 0.409. The maximum Gasteiger partial charge on any atom is 0.327 e. The van der Waals surface area contributed by atoms with E-state index in [-0.39, 0.29) is 12.5 Å². The zero-order valence-electron chi connectivity index (χ0n) is 19.4. The Morgan fingerprint density at radius 2 is 2.18 bits per heavy atom. The first-order valence-corrected chi connectivity index (χ1v) is 11.0. The second-order valence-electron chi connectivity index (χ2n) is 8.13. The van der Waals surface area contributed by atoms with Crippen LogP contribution in [0.2, 0.25) is 0 Å². The fourth-order valence-corrected chi connectivity index (χ4v) is 4.40. The number of methoxy groups -OCH3 is 1. The molecule has 2 aliphatic heterocycles. The first kappa shape index (κ1) is 23.2. The average Bonchev–Trinajstić information content (AvgIpc) is 3.41. The highest BCUT2D eigenvalue weighted by molar-refractivity contribution is 6.04. The second-order valence-corrected chi connectivity index (χ2v) is 8.13. The van der Waals surface area contributed by atoms with E-state index in [4.69, 9.17) is 14.6 Å². The number of nitrogens with one attached hydrogen (secondary N) is 2. The number of aromatic nitrogens is 4. The molecule has 3 aromatic heterocycles. The number of carbonyl (C=O) groups is 2. The van der Waals surface area contributed by atoms with Gasteiger partial charge in [-0.15, -0.1) is 0 Å². The van der Waals surface area contributed by atoms with Crippen LogP contribution in [-0.4, -0.2) is 76.7 Å². The van der Waals surface area contributed by atoms with Crippen molar-refractivity contribution in [1.29, 1.82) is 0 Å². The van der Waals surface area contributed by atoms with Crippen LogP contribution in [0.15, 0.2) is 24.5 Å². The SMILES string of the molecule is COc1nc2nn(C)cc2cc1NC(=O)N1CCc2c(N3CCN[C@@H](C)C3)ccnc21.O=CO. The molecule has 0 saturated carbocycles. The molecular weight excluding hydrogens is 440 g/mol. The number of rotatable bonds is 3. The van der Waals surface area contributed by atoms with Crippen molar-refractivity contribution in [2.24, 2.45) is 7.05 Å². The molecule has 12 heteroatoms. The Labute approximate surface area is 196 Å². The summed E-state index contributed by atoms with van der Waals surface area (Å²) in [5, 5.41) is 18.4. The number of fused-ring (bicyclic) bond motifs is 2. The number of aryl methyl sites for hydroxylation is 1. The van der Waals surface area contributed by atoms with Gasteiger partial charge in [0.25, 0.3) is 6.47 Å². The van der Waals surface area contributed by atoms with Crippen LogP contribution < -0.4 is 25.2 Å². The molecule has 5 rings (SSSR count). The van der Waals surface area contributed by atoms with E-state index in [9.17, 15) is 4.79 Å². The molecular formula is C22H28N8O4. The van der Waals surface area contributed by atoms with Gasteiger partial charge in [-0.25, -0.2) is 9.78 Å². The minimum absolute atomic E-state index is 0.250. The van der Waals surface area contributed by atoms with Gasteiger partial charge in [-0.2, -0.15) is 10.1 Å². The van der Waals surface area contributed by atoms with Gasteiger partial charge < -0.3 is 25.4 Å².